The number of fused-ring (bicyclic) bond motifs is 1. The summed E-state index contributed by atoms with van der Waals surface area (Å²) in [7, 11) is 0. The number of nitrogens with zero attached hydrogens (tertiary/aromatic N) is 1. The molecule has 0 atom stereocenters. The fourth-order valence-corrected chi connectivity index (χ4v) is 2.04. The molecule has 0 radical (unpaired) electrons. The molecule has 0 saturated carbocycles. The van der Waals surface area contributed by atoms with E-state index in [9.17, 15) is 4.79 Å². The molecule has 1 aromatic heterocycles. The summed E-state index contributed by atoms with van der Waals surface area (Å²) in [4.78, 5) is 11.4. The summed E-state index contributed by atoms with van der Waals surface area (Å²) in [6, 6.07) is 7.48. The van der Waals surface area contributed by atoms with E-state index in [-0.39, 0.29) is 11.8 Å². The quantitative estimate of drug-likeness (QED) is 0.781. The average molecular weight is 229 g/mol. The van der Waals surface area contributed by atoms with Crippen molar-refractivity contribution in [3.05, 3.63) is 29.8 Å². The van der Waals surface area contributed by atoms with Gasteiger partial charge in [0.2, 0.25) is 11.8 Å². The van der Waals surface area contributed by atoms with E-state index in [0.717, 1.165) is 23.2 Å². The van der Waals surface area contributed by atoms with E-state index >= 15 is 0 Å². The summed E-state index contributed by atoms with van der Waals surface area (Å²) >= 11 is 0. The number of para-hydroxylation sites is 1. The van der Waals surface area contributed by atoms with E-state index in [0.29, 0.717) is 12.1 Å². The lowest BCUT2D eigenvalue weighted by atomic mass is 9.97. The first-order chi connectivity index (χ1) is 8.24. The second-order valence-electron chi connectivity index (χ2n) is 4.00. The topological polar surface area (TPSA) is 81.1 Å². The molecule has 2 heterocycles. The highest BCUT2D eigenvalue weighted by Gasteiger charge is 2.19. The summed E-state index contributed by atoms with van der Waals surface area (Å²) in [5.41, 5.74) is 8.92. The van der Waals surface area contributed by atoms with Crippen molar-refractivity contribution in [1.82, 2.24) is 5.16 Å². The van der Waals surface area contributed by atoms with Crippen molar-refractivity contribution in [3.63, 3.8) is 0 Å². The van der Waals surface area contributed by atoms with Crippen molar-refractivity contribution in [1.29, 1.82) is 0 Å². The van der Waals surface area contributed by atoms with E-state index in [4.69, 9.17) is 10.3 Å². The monoisotopic (exact) mass is 229 g/mol. The molecule has 2 aromatic rings. The molecule has 5 nitrogen and oxygen atoms in total. The Kier molecular flexibility index (Phi) is 2.11. The molecule has 0 aliphatic carbocycles. The number of aryl methyl sites for hydroxylation is 1. The molecule has 1 aliphatic heterocycles. The van der Waals surface area contributed by atoms with Crippen LogP contribution in [0.25, 0.3) is 11.3 Å². The summed E-state index contributed by atoms with van der Waals surface area (Å²) < 4.78 is 4.85. The number of nitrogens with one attached hydrogen (secondary N) is 1. The zero-order valence-corrected chi connectivity index (χ0v) is 9.06. The number of anilines is 2. The normalized spacial score (nSPS) is 14.2. The molecule has 0 fully saturated rings. The molecule has 17 heavy (non-hydrogen) atoms. The highest BCUT2D eigenvalue weighted by Crippen LogP contribution is 2.33. The Morgan fingerprint density at radius 3 is 3.00 bits per heavy atom. The number of rotatable bonds is 1. The second kappa shape index (κ2) is 3.62. The van der Waals surface area contributed by atoms with E-state index in [1.807, 2.05) is 18.2 Å². The summed E-state index contributed by atoms with van der Waals surface area (Å²) in [6.07, 6.45) is 1.28. The first-order valence-corrected chi connectivity index (χ1v) is 5.38. The number of nitrogen functional groups attached to an aromatic ring is 1. The average Bonchev–Trinajstić information content (AvgIpc) is 2.75. The molecule has 1 amide bonds. The Bertz CT molecular complexity index is 589. The maximum absolute atomic E-state index is 11.4. The van der Waals surface area contributed by atoms with Gasteiger partial charge in [-0.15, -0.1) is 0 Å². The van der Waals surface area contributed by atoms with Gasteiger partial charge in [-0.2, -0.15) is 0 Å². The van der Waals surface area contributed by atoms with Gasteiger partial charge in [0.25, 0.3) is 0 Å². The Hall–Kier alpha value is -2.30. The van der Waals surface area contributed by atoms with Gasteiger partial charge in [0.15, 0.2) is 0 Å². The first-order valence-electron chi connectivity index (χ1n) is 5.38. The molecule has 1 aromatic carbocycles. The predicted octanol–water partition coefficient (Wildman–Crippen LogP) is 1.81. The summed E-state index contributed by atoms with van der Waals surface area (Å²) in [5.74, 6) is 0.293. The van der Waals surface area contributed by atoms with Crippen LogP contribution >= 0.6 is 0 Å². The van der Waals surface area contributed by atoms with Crippen molar-refractivity contribution < 1.29 is 9.32 Å². The Labute approximate surface area is 97.6 Å². The van der Waals surface area contributed by atoms with Crippen LogP contribution in [-0.2, 0) is 11.2 Å². The van der Waals surface area contributed by atoms with Crippen LogP contribution in [0.1, 0.15) is 12.0 Å². The highest BCUT2D eigenvalue weighted by molar-refractivity contribution is 5.98. The molecule has 0 bridgehead atoms. The predicted molar refractivity (Wildman–Crippen MR) is 63.3 cm³/mol. The molecule has 0 spiro atoms. The number of hydrogen-bond acceptors (Lipinski definition) is 4. The van der Waals surface area contributed by atoms with Crippen LogP contribution in [0.15, 0.2) is 28.8 Å². The smallest absolute Gasteiger partial charge is 0.224 e. The number of aromatic nitrogens is 1. The van der Waals surface area contributed by atoms with Crippen LogP contribution in [0, 0.1) is 0 Å². The van der Waals surface area contributed by atoms with Crippen molar-refractivity contribution in [2.24, 2.45) is 0 Å². The minimum atomic E-state index is 0.0291. The molecule has 3 rings (SSSR count). The number of nitrogens with two attached hydrogens (primary N) is 1. The van der Waals surface area contributed by atoms with Gasteiger partial charge in [-0.05, 0) is 12.0 Å². The molecule has 3 N–H and O–H groups in total. The molecule has 1 aliphatic rings. The zero-order valence-electron chi connectivity index (χ0n) is 9.06. The van der Waals surface area contributed by atoms with Gasteiger partial charge in [0, 0.05) is 18.1 Å². The van der Waals surface area contributed by atoms with Crippen molar-refractivity contribution in [2.45, 2.75) is 12.8 Å². The van der Waals surface area contributed by atoms with Gasteiger partial charge in [-0.3, -0.25) is 4.79 Å². The van der Waals surface area contributed by atoms with Gasteiger partial charge >= 0.3 is 0 Å². The molecule has 0 saturated heterocycles. The van der Waals surface area contributed by atoms with Crippen LogP contribution in [-0.4, -0.2) is 11.1 Å². The van der Waals surface area contributed by atoms with Crippen LogP contribution in [0.2, 0.25) is 0 Å². The van der Waals surface area contributed by atoms with Crippen LogP contribution in [0.3, 0.4) is 0 Å². The maximum atomic E-state index is 11.4. The molecule has 0 unspecified atom stereocenters. The van der Waals surface area contributed by atoms with Crippen LogP contribution in [0.5, 0.6) is 0 Å². The lowest BCUT2D eigenvalue weighted by Crippen LogP contribution is -2.19. The summed E-state index contributed by atoms with van der Waals surface area (Å²) in [6.45, 7) is 0. The van der Waals surface area contributed by atoms with E-state index in [1.54, 1.807) is 6.07 Å². The minimum absolute atomic E-state index is 0.0291. The van der Waals surface area contributed by atoms with Crippen molar-refractivity contribution >= 4 is 17.5 Å². The number of hydrogen-bond donors (Lipinski definition) is 2. The maximum Gasteiger partial charge on any atom is 0.224 e. The highest BCUT2D eigenvalue weighted by atomic mass is 16.5. The van der Waals surface area contributed by atoms with E-state index in [1.165, 1.54) is 0 Å². The van der Waals surface area contributed by atoms with Gasteiger partial charge < -0.3 is 15.6 Å². The Morgan fingerprint density at radius 2 is 2.24 bits per heavy atom. The largest absolute Gasteiger partial charge is 0.368 e. The first kappa shape index (κ1) is 9.89. The Morgan fingerprint density at radius 1 is 1.35 bits per heavy atom. The van der Waals surface area contributed by atoms with Crippen molar-refractivity contribution in [3.8, 4) is 11.3 Å². The van der Waals surface area contributed by atoms with E-state index < -0.39 is 0 Å². The van der Waals surface area contributed by atoms with Gasteiger partial charge in [-0.25, -0.2) is 0 Å². The molecule has 86 valence electrons. The SMILES string of the molecule is Nc1cc(-c2cccc3c2NC(=O)CC3)no1. The lowest BCUT2D eigenvalue weighted by Gasteiger charge is -2.18. The van der Waals surface area contributed by atoms with Crippen molar-refractivity contribution in [2.75, 3.05) is 11.1 Å². The van der Waals surface area contributed by atoms with Gasteiger partial charge in [0.05, 0.1) is 5.69 Å². The molecular weight excluding hydrogens is 218 g/mol. The third-order valence-electron chi connectivity index (χ3n) is 2.84. The van der Waals surface area contributed by atoms with E-state index in [2.05, 4.69) is 10.5 Å². The van der Waals surface area contributed by atoms with Gasteiger partial charge in [-0.1, -0.05) is 23.4 Å². The zero-order chi connectivity index (χ0) is 11.8. The van der Waals surface area contributed by atoms with Crippen LogP contribution < -0.4 is 11.1 Å². The standard InChI is InChI=1S/C12H11N3O2/c13-10-6-9(15-17-10)8-3-1-2-7-4-5-11(16)14-12(7)8/h1-3,6H,4-5,13H2,(H,14,16). The third kappa shape index (κ3) is 1.65. The fourth-order valence-electron chi connectivity index (χ4n) is 2.04. The lowest BCUT2D eigenvalue weighted by molar-refractivity contribution is -0.116. The number of amides is 1. The Balaban J connectivity index is 2.14. The summed E-state index contributed by atoms with van der Waals surface area (Å²) in [5, 5.41) is 6.74. The number of carbonyl (C=O) groups excluding carboxylic acids is 1. The number of benzene rings is 1. The molecular formula is C12H11N3O2. The van der Waals surface area contributed by atoms with Crippen LogP contribution in [0.4, 0.5) is 11.6 Å². The minimum Gasteiger partial charge on any atom is -0.368 e. The second-order valence-corrected chi connectivity index (χ2v) is 4.00. The van der Waals surface area contributed by atoms with Gasteiger partial charge in [0.1, 0.15) is 5.69 Å². The number of carbonyl (C=O) groups is 1. The fraction of sp³-hybridized carbons (Fsp3) is 0.167. The third-order valence-corrected chi connectivity index (χ3v) is 2.84. The molecule has 5 heteroatoms.